The Kier molecular flexibility index (Phi) is 3.76. The summed E-state index contributed by atoms with van der Waals surface area (Å²) in [5.74, 6) is 0. The number of likely N-dealkylation sites (N-methyl/N-ethyl adjacent to an activating group) is 1. The highest BCUT2D eigenvalue weighted by molar-refractivity contribution is 5.51. The van der Waals surface area contributed by atoms with Gasteiger partial charge in [-0.05, 0) is 49.4 Å². The van der Waals surface area contributed by atoms with E-state index in [4.69, 9.17) is 4.74 Å². The molecule has 1 aliphatic heterocycles. The average Bonchev–Trinajstić information content (AvgIpc) is 3.08. The zero-order valence-electron chi connectivity index (χ0n) is 12.0. The van der Waals surface area contributed by atoms with Gasteiger partial charge in [0.25, 0.3) is 0 Å². The van der Waals surface area contributed by atoms with Crippen LogP contribution in [0.1, 0.15) is 30.4 Å². The van der Waals surface area contributed by atoms with Gasteiger partial charge in [-0.3, -0.25) is 0 Å². The van der Waals surface area contributed by atoms with Gasteiger partial charge in [0.05, 0.1) is 12.6 Å². The van der Waals surface area contributed by atoms with Gasteiger partial charge in [-0.2, -0.15) is 0 Å². The molecule has 1 aromatic rings. The van der Waals surface area contributed by atoms with Crippen LogP contribution >= 0.6 is 0 Å². The van der Waals surface area contributed by atoms with Crippen molar-refractivity contribution in [3.63, 3.8) is 0 Å². The van der Waals surface area contributed by atoms with Crippen LogP contribution in [0.15, 0.2) is 18.2 Å². The van der Waals surface area contributed by atoms with Crippen LogP contribution in [-0.4, -0.2) is 32.3 Å². The highest BCUT2D eigenvalue weighted by Crippen LogP contribution is 2.24. The third kappa shape index (κ3) is 3.10. The minimum Gasteiger partial charge on any atom is -0.379 e. The summed E-state index contributed by atoms with van der Waals surface area (Å²) < 4.78 is 5.47. The quantitative estimate of drug-likeness (QED) is 0.880. The van der Waals surface area contributed by atoms with Crippen LogP contribution in [0, 0.1) is 6.92 Å². The predicted octanol–water partition coefficient (Wildman–Crippen LogP) is 2.47. The van der Waals surface area contributed by atoms with Gasteiger partial charge in [-0.1, -0.05) is 6.07 Å². The minimum atomic E-state index is 0.537. The van der Waals surface area contributed by atoms with Crippen molar-refractivity contribution in [1.82, 2.24) is 5.32 Å². The zero-order valence-corrected chi connectivity index (χ0v) is 12.0. The van der Waals surface area contributed by atoms with Crippen LogP contribution in [0.4, 0.5) is 5.69 Å². The van der Waals surface area contributed by atoms with E-state index in [9.17, 15) is 0 Å². The Morgan fingerprint density at radius 3 is 2.79 bits per heavy atom. The molecule has 0 bridgehead atoms. The molecule has 1 saturated carbocycles. The molecule has 0 spiro atoms. The number of anilines is 1. The summed E-state index contributed by atoms with van der Waals surface area (Å²) in [7, 11) is 2.18. The monoisotopic (exact) mass is 260 g/mol. The molecule has 0 radical (unpaired) electrons. The number of hydrogen-bond acceptors (Lipinski definition) is 3. The number of aryl methyl sites for hydroxylation is 1. The molecule has 104 valence electrons. The smallest absolute Gasteiger partial charge is 0.0670 e. The summed E-state index contributed by atoms with van der Waals surface area (Å²) in [5, 5.41) is 3.58. The molecule has 3 rings (SSSR count). The van der Waals surface area contributed by atoms with Gasteiger partial charge in [0.2, 0.25) is 0 Å². The van der Waals surface area contributed by atoms with Crippen LogP contribution in [-0.2, 0) is 11.3 Å². The van der Waals surface area contributed by atoms with Crippen molar-refractivity contribution in [2.75, 3.05) is 25.2 Å². The fourth-order valence-corrected chi connectivity index (χ4v) is 2.68. The van der Waals surface area contributed by atoms with Gasteiger partial charge >= 0.3 is 0 Å². The maximum absolute atomic E-state index is 5.47. The Morgan fingerprint density at radius 2 is 2.16 bits per heavy atom. The first-order valence-corrected chi connectivity index (χ1v) is 7.37. The summed E-state index contributed by atoms with van der Waals surface area (Å²) in [4.78, 5) is 2.36. The minimum absolute atomic E-state index is 0.537. The molecule has 3 nitrogen and oxygen atoms in total. The summed E-state index contributed by atoms with van der Waals surface area (Å²) in [6.07, 6.45) is 3.84. The SMILES string of the molecule is Cc1cc(N(C)C2CCOC2)ccc1CNC1CC1. The number of benzene rings is 1. The average molecular weight is 260 g/mol. The number of nitrogens with one attached hydrogen (secondary N) is 1. The van der Waals surface area contributed by atoms with Gasteiger partial charge < -0.3 is 15.0 Å². The van der Waals surface area contributed by atoms with Gasteiger partial charge in [-0.25, -0.2) is 0 Å². The van der Waals surface area contributed by atoms with E-state index >= 15 is 0 Å². The third-order valence-electron chi connectivity index (χ3n) is 4.35. The highest BCUT2D eigenvalue weighted by Gasteiger charge is 2.22. The van der Waals surface area contributed by atoms with Crippen LogP contribution < -0.4 is 10.2 Å². The summed E-state index contributed by atoms with van der Waals surface area (Å²) in [6.45, 7) is 4.98. The highest BCUT2D eigenvalue weighted by atomic mass is 16.5. The molecule has 1 unspecified atom stereocenters. The molecular formula is C16H24N2O. The number of ether oxygens (including phenoxy) is 1. The first-order valence-electron chi connectivity index (χ1n) is 7.37. The van der Waals surface area contributed by atoms with Crippen molar-refractivity contribution >= 4 is 5.69 Å². The Bertz CT molecular complexity index is 436. The molecule has 1 aliphatic carbocycles. The largest absolute Gasteiger partial charge is 0.379 e. The van der Waals surface area contributed by atoms with Crippen molar-refractivity contribution < 1.29 is 4.74 Å². The van der Waals surface area contributed by atoms with Crippen LogP contribution in [0.5, 0.6) is 0 Å². The second-order valence-electron chi connectivity index (χ2n) is 5.89. The molecule has 2 fully saturated rings. The Morgan fingerprint density at radius 1 is 1.32 bits per heavy atom. The van der Waals surface area contributed by atoms with E-state index in [-0.39, 0.29) is 0 Å². The summed E-state index contributed by atoms with van der Waals surface area (Å²) in [6, 6.07) is 8.14. The Hall–Kier alpha value is -1.06. The molecule has 1 heterocycles. The van der Waals surface area contributed by atoms with Gasteiger partial charge in [0.1, 0.15) is 0 Å². The van der Waals surface area contributed by atoms with Crippen molar-refractivity contribution in [3.05, 3.63) is 29.3 Å². The van der Waals surface area contributed by atoms with Crippen LogP contribution in [0.2, 0.25) is 0 Å². The first kappa shape index (κ1) is 12.9. The van der Waals surface area contributed by atoms with Gasteiger partial charge in [-0.15, -0.1) is 0 Å². The molecule has 19 heavy (non-hydrogen) atoms. The van der Waals surface area contributed by atoms with Crippen LogP contribution in [0.25, 0.3) is 0 Å². The second-order valence-corrected chi connectivity index (χ2v) is 5.89. The van der Waals surface area contributed by atoms with E-state index < -0.39 is 0 Å². The van der Waals surface area contributed by atoms with E-state index in [1.807, 2.05) is 0 Å². The molecule has 1 N–H and O–H groups in total. The normalized spacial score (nSPS) is 22.7. The van der Waals surface area contributed by atoms with E-state index in [1.54, 1.807) is 0 Å². The number of hydrogen-bond donors (Lipinski definition) is 1. The topological polar surface area (TPSA) is 24.5 Å². The lowest BCUT2D eigenvalue weighted by atomic mass is 10.1. The third-order valence-corrected chi connectivity index (χ3v) is 4.35. The lowest BCUT2D eigenvalue weighted by Crippen LogP contribution is -2.31. The summed E-state index contributed by atoms with van der Waals surface area (Å²) in [5.41, 5.74) is 4.12. The van der Waals surface area contributed by atoms with Crippen molar-refractivity contribution in [2.45, 2.75) is 44.8 Å². The number of nitrogens with zero attached hydrogens (tertiary/aromatic N) is 1. The maximum Gasteiger partial charge on any atom is 0.0670 e. The van der Waals surface area contributed by atoms with Gasteiger partial charge in [0.15, 0.2) is 0 Å². The molecule has 1 atom stereocenters. The fourth-order valence-electron chi connectivity index (χ4n) is 2.68. The molecule has 1 aromatic carbocycles. The maximum atomic E-state index is 5.47. The molecular weight excluding hydrogens is 236 g/mol. The molecule has 0 aromatic heterocycles. The number of rotatable bonds is 5. The molecule has 0 amide bonds. The zero-order chi connectivity index (χ0) is 13.2. The molecule has 2 aliphatic rings. The van der Waals surface area contributed by atoms with Crippen LogP contribution in [0.3, 0.4) is 0 Å². The fraction of sp³-hybridized carbons (Fsp3) is 0.625. The van der Waals surface area contributed by atoms with E-state index in [1.165, 1.54) is 29.7 Å². The molecule has 1 saturated heterocycles. The Labute approximate surface area is 115 Å². The Balaban J connectivity index is 1.66. The predicted molar refractivity (Wildman–Crippen MR) is 78.7 cm³/mol. The lowest BCUT2D eigenvalue weighted by Gasteiger charge is -2.26. The van der Waals surface area contributed by atoms with Gasteiger partial charge in [0, 0.05) is 31.9 Å². The first-order chi connectivity index (χ1) is 9.24. The standard InChI is InChI=1S/C16H24N2O/c1-12-9-15(18(2)16-7-8-19-11-16)6-3-13(12)10-17-14-4-5-14/h3,6,9,14,16-17H,4-5,7-8,10-11H2,1-2H3. The van der Waals surface area contributed by atoms with E-state index in [0.29, 0.717) is 6.04 Å². The van der Waals surface area contributed by atoms with E-state index in [2.05, 4.69) is 42.4 Å². The second kappa shape index (κ2) is 5.51. The van der Waals surface area contributed by atoms with E-state index in [0.717, 1.165) is 32.2 Å². The van der Waals surface area contributed by atoms with Crippen molar-refractivity contribution in [1.29, 1.82) is 0 Å². The van der Waals surface area contributed by atoms with Crippen molar-refractivity contribution in [2.24, 2.45) is 0 Å². The molecule has 3 heteroatoms. The lowest BCUT2D eigenvalue weighted by molar-refractivity contribution is 0.193. The summed E-state index contributed by atoms with van der Waals surface area (Å²) >= 11 is 0. The van der Waals surface area contributed by atoms with Crippen molar-refractivity contribution in [3.8, 4) is 0 Å².